The van der Waals surface area contributed by atoms with E-state index in [4.69, 9.17) is 4.74 Å². The number of pyridine rings is 1. The zero-order chi connectivity index (χ0) is 17.3. The van der Waals surface area contributed by atoms with Crippen molar-refractivity contribution in [2.75, 3.05) is 0 Å². The van der Waals surface area contributed by atoms with Crippen LogP contribution >= 0.6 is 0 Å². The van der Waals surface area contributed by atoms with Gasteiger partial charge >= 0.3 is 11.4 Å². The van der Waals surface area contributed by atoms with Crippen molar-refractivity contribution in [2.24, 2.45) is 0 Å². The van der Waals surface area contributed by atoms with Gasteiger partial charge in [0.05, 0.1) is 15.4 Å². The maximum atomic E-state index is 11.3. The molecule has 0 saturated carbocycles. The SMILES string of the molecule is Cc1cc([N+](=O)[O-])c(Oc2ccnc3ccccc23)c([N+](=O)[O-])c1. The van der Waals surface area contributed by atoms with Gasteiger partial charge < -0.3 is 4.74 Å². The predicted octanol–water partition coefficient (Wildman–Crippen LogP) is 4.15. The summed E-state index contributed by atoms with van der Waals surface area (Å²) >= 11 is 0. The van der Waals surface area contributed by atoms with Crippen LogP contribution in [0.2, 0.25) is 0 Å². The lowest BCUT2D eigenvalue weighted by Gasteiger charge is -2.09. The molecule has 8 nitrogen and oxygen atoms in total. The molecule has 1 aromatic heterocycles. The number of nitro groups is 2. The minimum absolute atomic E-state index is 0.260. The number of aromatic nitrogens is 1. The van der Waals surface area contributed by atoms with Crippen LogP contribution in [0.25, 0.3) is 10.9 Å². The van der Waals surface area contributed by atoms with Crippen LogP contribution in [0.15, 0.2) is 48.7 Å². The van der Waals surface area contributed by atoms with Gasteiger partial charge in [-0.2, -0.15) is 0 Å². The molecular formula is C16H11N3O5. The van der Waals surface area contributed by atoms with E-state index in [1.165, 1.54) is 24.4 Å². The van der Waals surface area contributed by atoms with Gasteiger partial charge in [0.25, 0.3) is 5.75 Å². The van der Waals surface area contributed by atoms with Crippen LogP contribution in [0.5, 0.6) is 11.5 Å². The van der Waals surface area contributed by atoms with Crippen LogP contribution in [-0.2, 0) is 0 Å². The topological polar surface area (TPSA) is 108 Å². The van der Waals surface area contributed by atoms with Gasteiger partial charge in [-0.3, -0.25) is 25.2 Å². The molecule has 0 radical (unpaired) electrons. The number of benzene rings is 2. The molecular weight excluding hydrogens is 314 g/mol. The molecule has 0 saturated heterocycles. The van der Waals surface area contributed by atoms with E-state index < -0.39 is 27.0 Å². The van der Waals surface area contributed by atoms with E-state index in [1.54, 1.807) is 31.2 Å². The standard InChI is InChI=1S/C16H11N3O5/c1-10-8-13(18(20)21)16(14(9-10)19(22)23)24-15-6-7-17-12-5-3-2-4-11(12)15/h2-9H,1H3. The Hall–Kier alpha value is -3.55. The molecule has 0 aliphatic heterocycles. The highest BCUT2D eigenvalue weighted by molar-refractivity contribution is 5.85. The fourth-order valence-electron chi connectivity index (χ4n) is 2.38. The lowest BCUT2D eigenvalue weighted by molar-refractivity contribution is -0.395. The molecule has 3 rings (SSSR count). The Morgan fingerprint density at radius 3 is 2.25 bits per heavy atom. The van der Waals surface area contributed by atoms with Gasteiger partial charge in [-0.1, -0.05) is 12.1 Å². The number of hydrogen-bond acceptors (Lipinski definition) is 6. The van der Waals surface area contributed by atoms with Gasteiger partial charge in [-0.15, -0.1) is 0 Å². The van der Waals surface area contributed by atoms with Gasteiger partial charge in [-0.25, -0.2) is 0 Å². The number of fused-ring (bicyclic) bond motifs is 1. The summed E-state index contributed by atoms with van der Waals surface area (Å²) < 4.78 is 5.61. The van der Waals surface area contributed by atoms with Crippen LogP contribution in [0, 0.1) is 27.2 Å². The highest BCUT2D eigenvalue weighted by atomic mass is 16.6. The van der Waals surface area contributed by atoms with Crippen molar-refractivity contribution in [3.63, 3.8) is 0 Å². The summed E-state index contributed by atoms with van der Waals surface area (Å²) in [5, 5.41) is 23.2. The molecule has 24 heavy (non-hydrogen) atoms. The number of ether oxygens (including phenoxy) is 1. The second-order valence-corrected chi connectivity index (χ2v) is 5.07. The van der Waals surface area contributed by atoms with E-state index in [0.717, 1.165) is 0 Å². The zero-order valence-electron chi connectivity index (χ0n) is 12.5. The molecule has 0 spiro atoms. The van der Waals surface area contributed by atoms with Crippen LogP contribution in [0.1, 0.15) is 5.56 Å². The van der Waals surface area contributed by atoms with Crippen LogP contribution in [0.3, 0.4) is 0 Å². The molecule has 0 aliphatic carbocycles. The van der Waals surface area contributed by atoms with E-state index in [9.17, 15) is 20.2 Å². The first-order valence-electron chi connectivity index (χ1n) is 6.92. The van der Waals surface area contributed by atoms with E-state index in [-0.39, 0.29) is 5.75 Å². The van der Waals surface area contributed by atoms with E-state index in [0.29, 0.717) is 16.5 Å². The normalized spacial score (nSPS) is 10.5. The first-order chi connectivity index (χ1) is 11.5. The minimum atomic E-state index is -0.696. The molecule has 0 atom stereocenters. The molecule has 0 aliphatic rings. The van der Waals surface area contributed by atoms with Gasteiger partial charge in [-0.05, 0) is 30.7 Å². The average molecular weight is 325 g/mol. The van der Waals surface area contributed by atoms with E-state index >= 15 is 0 Å². The van der Waals surface area contributed by atoms with E-state index in [2.05, 4.69) is 4.98 Å². The summed E-state index contributed by atoms with van der Waals surface area (Å²) in [5.74, 6) is -0.136. The van der Waals surface area contributed by atoms with Crippen molar-refractivity contribution < 1.29 is 14.6 Å². The molecule has 0 amide bonds. The Morgan fingerprint density at radius 2 is 1.62 bits per heavy atom. The third-order valence-electron chi connectivity index (χ3n) is 3.41. The highest BCUT2D eigenvalue weighted by Crippen LogP contribution is 2.42. The Bertz CT molecular complexity index is 931. The van der Waals surface area contributed by atoms with Gasteiger partial charge in [0.2, 0.25) is 0 Å². The number of nitrogens with zero attached hydrogens (tertiary/aromatic N) is 3. The van der Waals surface area contributed by atoms with Gasteiger partial charge in [0.1, 0.15) is 5.75 Å². The number of rotatable bonds is 4. The Morgan fingerprint density at radius 1 is 1.00 bits per heavy atom. The van der Waals surface area contributed by atoms with Crippen molar-refractivity contribution in [1.29, 1.82) is 0 Å². The molecule has 3 aromatic rings. The summed E-state index contributed by atoms with van der Waals surface area (Å²) in [4.78, 5) is 25.4. The molecule has 2 aromatic carbocycles. The number of aryl methyl sites for hydroxylation is 1. The molecule has 8 heteroatoms. The van der Waals surface area contributed by atoms with Crippen molar-refractivity contribution in [3.8, 4) is 11.5 Å². The third kappa shape index (κ3) is 2.72. The minimum Gasteiger partial charge on any atom is -0.443 e. The molecule has 0 fully saturated rings. The molecule has 0 N–H and O–H groups in total. The summed E-state index contributed by atoms with van der Waals surface area (Å²) in [6.07, 6.45) is 1.48. The largest absolute Gasteiger partial charge is 0.443 e. The fourth-order valence-corrected chi connectivity index (χ4v) is 2.38. The van der Waals surface area contributed by atoms with Crippen molar-refractivity contribution in [2.45, 2.75) is 6.92 Å². The second kappa shape index (κ2) is 5.92. The maximum absolute atomic E-state index is 11.3. The van der Waals surface area contributed by atoms with Crippen molar-refractivity contribution in [1.82, 2.24) is 4.98 Å². The number of nitro benzene ring substituents is 2. The third-order valence-corrected chi connectivity index (χ3v) is 3.41. The highest BCUT2D eigenvalue weighted by Gasteiger charge is 2.28. The lowest BCUT2D eigenvalue weighted by atomic mass is 10.1. The van der Waals surface area contributed by atoms with Crippen molar-refractivity contribution in [3.05, 3.63) is 74.5 Å². The second-order valence-electron chi connectivity index (χ2n) is 5.07. The maximum Gasteiger partial charge on any atom is 0.319 e. The smallest absolute Gasteiger partial charge is 0.319 e. The average Bonchev–Trinajstić information content (AvgIpc) is 2.56. The fraction of sp³-hybridized carbons (Fsp3) is 0.0625. The van der Waals surface area contributed by atoms with Gasteiger partial charge in [0, 0.05) is 23.7 Å². The first-order valence-corrected chi connectivity index (χ1v) is 6.92. The van der Waals surface area contributed by atoms with Crippen LogP contribution < -0.4 is 4.74 Å². The quantitative estimate of drug-likeness (QED) is 0.526. The molecule has 0 unspecified atom stereocenters. The lowest BCUT2D eigenvalue weighted by Crippen LogP contribution is -2.00. The Labute approximate surface area is 135 Å². The van der Waals surface area contributed by atoms with Crippen LogP contribution in [0.4, 0.5) is 11.4 Å². The van der Waals surface area contributed by atoms with Crippen molar-refractivity contribution >= 4 is 22.3 Å². The summed E-state index contributed by atoms with van der Waals surface area (Å²) in [5.41, 5.74) is 0.109. The predicted molar refractivity (Wildman–Crippen MR) is 86.3 cm³/mol. The summed E-state index contributed by atoms with van der Waals surface area (Å²) in [6.45, 7) is 1.55. The van der Waals surface area contributed by atoms with E-state index in [1.807, 2.05) is 0 Å². The zero-order valence-corrected chi connectivity index (χ0v) is 12.5. The summed E-state index contributed by atoms with van der Waals surface area (Å²) in [6, 6.07) is 11.0. The first kappa shape index (κ1) is 15.3. The van der Waals surface area contributed by atoms with Gasteiger partial charge in [0.15, 0.2) is 0 Å². The molecule has 0 bridgehead atoms. The number of hydrogen-bond donors (Lipinski definition) is 0. The summed E-state index contributed by atoms with van der Waals surface area (Å²) in [7, 11) is 0. The number of para-hydroxylation sites is 1. The van der Waals surface area contributed by atoms with Crippen LogP contribution in [-0.4, -0.2) is 14.8 Å². The molecule has 1 heterocycles. The Balaban J connectivity index is 2.22. The molecule has 120 valence electrons. The Kier molecular flexibility index (Phi) is 3.78. The monoisotopic (exact) mass is 325 g/mol.